The molecule has 168 valence electrons. The maximum absolute atomic E-state index is 12.8. The lowest BCUT2D eigenvalue weighted by Gasteiger charge is -2.33. The third kappa shape index (κ3) is 6.45. The van der Waals surface area contributed by atoms with E-state index in [0.29, 0.717) is 22.8 Å². The van der Waals surface area contributed by atoms with Gasteiger partial charge in [-0.3, -0.25) is 9.59 Å². The van der Waals surface area contributed by atoms with E-state index < -0.39 is 0 Å². The van der Waals surface area contributed by atoms with Crippen molar-refractivity contribution in [2.75, 3.05) is 38.0 Å². The number of carbonyl (C=O) groups excluding carboxylic acids is 2. The van der Waals surface area contributed by atoms with E-state index in [0.717, 1.165) is 11.3 Å². The van der Waals surface area contributed by atoms with E-state index >= 15 is 0 Å². The van der Waals surface area contributed by atoms with Gasteiger partial charge in [0.05, 0.1) is 10.6 Å². The molecule has 0 unspecified atom stereocenters. The minimum Gasteiger partial charge on any atom is -0.377 e. The summed E-state index contributed by atoms with van der Waals surface area (Å²) in [6, 6.07) is 12.6. The molecule has 2 rings (SSSR count). The summed E-state index contributed by atoms with van der Waals surface area (Å²) < 4.78 is 5.10. The lowest BCUT2D eigenvalue weighted by Crippen LogP contribution is -2.43. The standard InChI is InChI=1S/C24H32ClN3O3/c1-16(2)17(3)28(23(29)15-31-6)14-18-13-19(11-12-22(18)27(4)5)26-24(30)20-9-7-8-10-21(20)25/h7-13,16-17H,14-15H2,1-6H3,(H,26,30)/t17-/m0/s1. The zero-order valence-corrected chi connectivity index (χ0v) is 19.9. The van der Waals surface area contributed by atoms with Gasteiger partial charge < -0.3 is 19.9 Å². The quantitative estimate of drug-likeness (QED) is 0.608. The molecule has 0 aliphatic carbocycles. The third-order valence-electron chi connectivity index (χ3n) is 5.32. The molecule has 2 aromatic rings. The Morgan fingerprint density at radius 3 is 2.35 bits per heavy atom. The van der Waals surface area contributed by atoms with Crippen molar-refractivity contribution in [3.63, 3.8) is 0 Å². The third-order valence-corrected chi connectivity index (χ3v) is 5.65. The Balaban J connectivity index is 2.37. The molecule has 0 aliphatic rings. The number of halogens is 1. The summed E-state index contributed by atoms with van der Waals surface area (Å²) in [6.45, 7) is 6.65. The van der Waals surface area contributed by atoms with E-state index in [4.69, 9.17) is 16.3 Å². The number of hydrogen-bond acceptors (Lipinski definition) is 4. The van der Waals surface area contributed by atoms with Crippen LogP contribution in [0.3, 0.4) is 0 Å². The minimum absolute atomic E-state index is 0.0251. The Morgan fingerprint density at radius 2 is 1.77 bits per heavy atom. The number of carbonyl (C=O) groups is 2. The Bertz CT molecular complexity index is 915. The van der Waals surface area contributed by atoms with Gasteiger partial charge >= 0.3 is 0 Å². The predicted molar refractivity (Wildman–Crippen MR) is 127 cm³/mol. The monoisotopic (exact) mass is 445 g/mol. The molecular weight excluding hydrogens is 414 g/mol. The Kier molecular flexibility index (Phi) is 8.89. The van der Waals surface area contributed by atoms with Gasteiger partial charge in [-0.05, 0) is 48.7 Å². The van der Waals surface area contributed by atoms with Crippen LogP contribution >= 0.6 is 11.6 Å². The second kappa shape index (κ2) is 11.2. The molecule has 7 heteroatoms. The number of anilines is 2. The molecule has 0 bridgehead atoms. The van der Waals surface area contributed by atoms with Crippen LogP contribution in [-0.4, -0.2) is 50.6 Å². The molecule has 1 N–H and O–H groups in total. The van der Waals surface area contributed by atoms with Gasteiger partial charge in [-0.1, -0.05) is 37.6 Å². The van der Waals surface area contributed by atoms with Crippen LogP contribution in [0.2, 0.25) is 5.02 Å². The first-order valence-corrected chi connectivity index (χ1v) is 10.7. The molecule has 0 saturated carbocycles. The molecule has 0 aliphatic heterocycles. The Hall–Kier alpha value is -2.57. The average molecular weight is 446 g/mol. The lowest BCUT2D eigenvalue weighted by molar-refractivity contribution is -0.138. The minimum atomic E-state index is -0.281. The summed E-state index contributed by atoms with van der Waals surface area (Å²) in [5.74, 6) is -0.0670. The molecule has 0 radical (unpaired) electrons. The number of nitrogens with one attached hydrogen (secondary N) is 1. The number of rotatable bonds is 9. The molecule has 6 nitrogen and oxygen atoms in total. The molecule has 0 aromatic heterocycles. The zero-order valence-electron chi connectivity index (χ0n) is 19.1. The summed E-state index contributed by atoms with van der Waals surface area (Å²) in [4.78, 5) is 29.3. The van der Waals surface area contributed by atoms with Gasteiger partial charge in [-0.15, -0.1) is 0 Å². The maximum atomic E-state index is 12.8. The van der Waals surface area contributed by atoms with Gasteiger partial charge in [0.2, 0.25) is 5.91 Å². The van der Waals surface area contributed by atoms with Crippen LogP contribution < -0.4 is 10.2 Å². The van der Waals surface area contributed by atoms with Crippen LogP contribution in [0.1, 0.15) is 36.7 Å². The van der Waals surface area contributed by atoms with Gasteiger partial charge in [0.25, 0.3) is 5.91 Å². The van der Waals surface area contributed by atoms with E-state index in [1.165, 1.54) is 7.11 Å². The maximum Gasteiger partial charge on any atom is 0.257 e. The molecule has 0 saturated heterocycles. The summed E-state index contributed by atoms with van der Waals surface area (Å²) in [5, 5.41) is 3.31. The van der Waals surface area contributed by atoms with Crippen LogP contribution in [-0.2, 0) is 16.1 Å². The highest BCUT2D eigenvalue weighted by Crippen LogP contribution is 2.27. The number of nitrogens with zero attached hydrogens (tertiary/aromatic N) is 2. The highest BCUT2D eigenvalue weighted by molar-refractivity contribution is 6.34. The summed E-state index contributed by atoms with van der Waals surface area (Å²) in [6.07, 6.45) is 0. The van der Waals surface area contributed by atoms with Crippen LogP contribution in [0.15, 0.2) is 42.5 Å². The fourth-order valence-corrected chi connectivity index (χ4v) is 3.50. The Labute approximate surface area is 190 Å². The predicted octanol–water partition coefficient (Wildman–Crippen LogP) is 4.68. The highest BCUT2D eigenvalue weighted by Gasteiger charge is 2.24. The first-order valence-electron chi connectivity index (χ1n) is 10.3. The first-order chi connectivity index (χ1) is 14.6. The first kappa shape index (κ1) is 24.7. The fraction of sp³-hybridized carbons (Fsp3) is 0.417. The normalized spacial score (nSPS) is 11.9. The topological polar surface area (TPSA) is 61.9 Å². The number of amides is 2. The van der Waals surface area contributed by atoms with Gasteiger partial charge in [-0.25, -0.2) is 0 Å². The van der Waals surface area contributed by atoms with Gasteiger partial charge in [-0.2, -0.15) is 0 Å². The van der Waals surface area contributed by atoms with Crippen molar-refractivity contribution in [2.45, 2.75) is 33.4 Å². The van der Waals surface area contributed by atoms with Crippen molar-refractivity contribution in [3.05, 3.63) is 58.6 Å². The van der Waals surface area contributed by atoms with E-state index in [1.54, 1.807) is 24.3 Å². The second-order valence-corrected chi connectivity index (χ2v) is 8.52. The van der Waals surface area contributed by atoms with Crippen molar-refractivity contribution in [2.24, 2.45) is 5.92 Å². The molecule has 0 spiro atoms. The average Bonchev–Trinajstić information content (AvgIpc) is 2.71. The van der Waals surface area contributed by atoms with Gasteiger partial charge in [0.1, 0.15) is 6.61 Å². The van der Waals surface area contributed by atoms with E-state index in [2.05, 4.69) is 19.2 Å². The van der Waals surface area contributed by atoms with Gasteiger partial charge in [0.15, 0.2) is 0 Å². The van der Waals surface area contributed by atoms with Crippen molar-refractivity contribution in [1.29, 1.82) is 0 Å². The molecule has 31 heavy (non-hydrogen) atoms. The SMILES string of the molecule is COCC(=O)N(Cc1cc(NC(=O)c2ccccc2Cl)ccc1N(C)C)[C@@H](C)C(C)C. The van der Waals surface area contributed by atoms with Crippen LogP contribution in [0.5, 0.6) is 0 Å². The number of ether oxygens (including phenoxy) is 1. The number of methoxy groups -OCH3 is 1. The van der Waals surface area contributed by atoms with Crippen LogP contribution in [0.25, 0.3) is 0 Å². The molecule has 2 amide bonds. The molecule has 1 atom stereocenters. The van der Waals surface area contributed by atoms with Crippen molar-refractivity contribution < 1.29 is 14.3 Å². The largest absolute Gasteiger partial charge is 0.377 e. The number of benzene rings is 2. The molecule has 0 fully saturated rings. The van der Waals surface area contributed by atoms with Crippen molar-refractivity contribution in [3.8, 4) is 0 Å². The number of hydrogen-bond donors (Lipinski definition) is 1. The molecular formula is C24H32ClN3O3. The molecule has 0 heterocycles. The lowest BCUT2D eigenvalue weighted by atomic mass is 10.0. The summed E-state index contributed by atoms with van der Waals surface area (Å²) in [5.41, 5.74) is 2.95. The molecule has 2 aromatic carbocycles. The summed E-state index contributed by atoms with van der Waals surface area (Å²) >= 11 is 6.16. The van der Waals surface area contributed by atoms with E-state index in [1.807, 2.05) is 49.0 Å². The van der Waals surface area contributed by atoms with Gasteiger partial charge in [0, 0.05) is 45.2 Å². The van der Waals surface area contributed by atoms with E-state index in [-0.39, 0.29) is 30.4 Å². The van der Waals surface area contributed by atoms with Crippen molar-refractivity contribution >= 4 is 34.8 Å². The highest BCUT2D eigenvalue weighted by atomic mass is 35.5. The summed E-state index contributed by atoms with van der Waals surface area (Å²) in [7, 11) is 5.42. The van der Waals surface area contributed by atoms with E-state index in [9.17, 15) is 9.59 Å². The van der Waals surface area contributed by atoms with Crippen LogP contribution in [0, 0.1) is 5.92 Å². The second-order valence-electron chi connectivity index (χ2n) is 8.11. The van der Waals surface area contributed by atoms with Crippen molar-refractivity contribution in [1.82, 2.24) is 4.90 Å². The fourth-order valence-electron chi connectivity index (χ4n) is 3.28. The Morgan fingerprint density at radius 1 is 1.10 bits per heavy atom. The zero-order chi connectivity index (χ0) is 23.1. The smallest absolute Gasteiger partial charge is 0.257 e. The van der Waals surface area contributed by atoms with Crippen LogP contribution in [0.4, 0.5) is 11.4 Å².